The standard InChI is InChI=1S/C11H14FN3O3/c1-2-9(11(17)15-14)18-6-3-4-7(10(13)16)8(12)5-6/h3-5,9H,2,14H2,1H3,(H2,13,16)(H,15,17). The normalized spacial score (nSPS) is 11.7. The molecule has 5 N–H and O–H groups in total. The molecule has 0 saturated carbocycles. The molecular weight excluding hydrogens is 241 g/mol. The first kappa shape index (κ1) is 13.9. The van der Waals surface area contributed by atoms with Gasteiger partial charge < -0.3 is 10.5 Å². The SMILES string of the molecule is CCC(Oc1ccc(C(N)=O)c(F)c1)C(=O)NN. The van der Waals surface area contributed by atoms with Crippen LogP contribution in [-0.2, 0) is 4.79 Å². The van der Waals surface area contributed by atoms with E-state index in [0.29, 0.717) is 6.42 Å². The molecule has 18 heavy (non-hydrogen) atoms. The Morgan fingerprint density at radius 1 is 1.50 bits per heavy atom. The zero-order valence-corrected chi connectivity index (χ0v) is 9.77. The quantitative estimate of drug-likeness (QED) is 0.393. The number of nitrogens with two attached hydrogens (primary N) is 2. The maximum absolute atomic E-state index is 13.4. The number of primary amides is 1. The Morgan fingerprint density at radius 2 is 2.17 bits per heavy atom. The highest BCUT2D eigenvalue weighted by atomic mass is 19.1. The van der Waals surface area contributed by atoms with Crippen LogP contribution in [0.1, 0.15) is 23.7 Å². The summed E-state index contributed by atoms with van der Waals surface area (Å²) < 4.78 is 18.7. The molecule has 0 aliphatic carbocycles. The van der Waals surface area contributed by atoms with Crippen LogP contribution >= 0.6 is 0 Å². The number of rotatable bonds is 5. The summed E-state index contributed by atoms with van der Waals surface area (Å²) in [6.45, 7) is 1.72. The van der Waals surface area contributed by atoms with Gasteiger partial charge in [-0.3, -0.25) is 15.0 Å². The lowest BCUT2D eigenvalue weighted by atomic mass is 10.2. The average molecular weight is 255 g/mol. The van der Waals surface area contributed by atoms with Crippen molar-refractivity contribution >= 4 is 11.8 Å². The zero-order valence-electron chi connectivity index (χ0n) is 9.77. The fraction of sp³-hybridized carbons (Fsp3) is 0.273. The minimum atomic E-state index is -0.870. The van der Waals surface area contributed by atoms with Gasteiger partial charge >= 0.3 is 0 Å². The van der Waals surface area contributed by atoms with Crippen molar-refractivity contribution in [2.75, 3.05) is 0 Å². The first-order valence-electron chi connectivity index (χ1n) is 5.26. The molecule has 0 aromatic heterocycles. The molecule has 0 saturated heterocycles. The predicted molar refractivity (Wildman–Crippen MR) is 62.0 cm³/mol. The molecule has 0 heterocycles. The second-order valence-electron chi connectivity index (χ2n) is 3.53. The van der Waals surface area contributed by atoms with E-state index in [1.54, 1.807) is 6.92 Å². The molecule has 0 aliphatic rings. The molecule has 98 valence electrons. The summed E-state index contributed by atoms with van der Waals surface area (Å²) in [7, 11) is 0. The minimum Gasteiger partial charge on any atom is -0.480 e. The molecule has 0 fully saturated rings. The lowest BCUT2D eigenvalue weighted by Crippen LogP contribution is -2.41. The zero-order chi connectivity index (χ0) is 13.7. The lowest BCUT2D eigenvalue weighted by Gasteiger charge is -2.15. The smallest absolute Gasteiger partial charge is 0.274 e. The van der Waals surface area contributed by atoms with E-state index in [0.717, 1.165) is 6.07 Å². The van der Waals surface area contributed by atoms with Gasteiger partial charge in [-0.1, -0.05) is 6.92 Å². The molecule has 0 bridgehead atoms. The maximum Gasteiger partial charge on any atom is 0.274 e. The van der Waals surface area contributed by atoms with Crippen molar-refractivity contribution in [3.63, 3.8) is 0 Å². The van der Waals surface area contributed by atoms with Gasteiger partial charge in [0.2, 0.25) is 0 Å². The van der Waals surface area contributed by atoms with Gasteiger partial charge in [0.1, 0.15) is 11.6 Å². The number of carbonyl (C=O) groups excluding carboxylic acids is 2. The van der Waals surface area contributed by atoms with Gasteiger partial charge in [-0.25, -0.2) is 10.2 Å². The first-order chi connectivity index (χ1) is 8.49. The molecule has 7 heteroatoms. The van der Waals surface area contributed by atoms with E-state index in [9.17, 15) is 14.0 Å². The average Bonchev–Trinajstić information content (AvgIpc) is 2.34. The monoisotopic (exact) mass is 255 g/mol. The first-order valence-corrected chi connectivity index (χ1v) is 5.26. The van der Waals surface area contributed by atoms with Crippen LogP contribution in [0.25, 0.3) is 0 Å². The molecule has 1 atom stereocenters. The number of ether oxygens (including phenoxy) is 1. The topological polar surface area (TPSA) is 107 Å². The molecule has 0 spiro atoms. The van der Waals surface area contributed by atoms with E-state index in [2.05, 4.69) is 0 Å². The molecule has 6 nitrogen and oxygen atoms in total. The van der Waals surface area contributed by atoms with Gasteiger partial charge in [-0.05, 0) is 18.6 Å². The highest BCUT2D eigenvalue weighted by molar-refractivity contribution is 5.93. The molecular formula is C11H14FN3O3. The van der Waals surface area contributed by atoms with Gasteiger partial charge in [0.05, 0.1) is 5.56 Å². The van der Waals surface area contributed by atoms with Crippen molar-refractivity contribution in [2.45, 2.75) is 19.4 Å². The van der Waals surface area contributed by atoms with Gasteiger partial charge in [0.15, 0.2) is 6.10 Å². The van der Waals surface area contributed by atoms with Gasteiger partial charge in [-0.15, -0.1) is 0 Å². The minimum absolute atomic E-state index is 0.118. The predicted octanol–water partition coefficient (Wildman–Crippen LogP) is 0.0719. The third kappa shape index (κ3) is 3.17. The summed E-state index contributed by atoms with van der Waals surface area (Å²) in [5.41, 5.74) is 6.67. The van der Waals surface area contributed by atoms with Gasteiger partial charge in [0, 0.05) is 6.07 Å². The number of carbonyl (C=O) groups is 2. The Morgan fingerprint density at radius 3 is 2.61 bits per heavy atom. The van der Waals surface area contributed by atoms with Crippen molar-refractivity contribution in [2.24, 2.45) is 11.6 Å². The van der Waals surface area contributed by atoms with Crippen molar-refractivity contribution < 1.29 is 18.7 Å². The number of benzene rings is 1. The van der Waals surface area contributed by atoms with Crippen molar-refractivity contribution in [3.05, 3.63) is 29.6 Å². The largest absolute Gasteiger partial charge is 0.480 e. The maximum atomic E-state index is 13.4. The summed E-state index contributed by atoms with van der Waals surface area (Å²) in [4.78, 5) is 22.1. The molecule has 1 rings (SSSR count). The Labute approximate surface area is 103 Å². The fourth-order valence-corrected chi connectivity index (χ4v) is 1.35. The third-order valence-corrected chi connectivity index (χ3v) is 2.29. The highest BCUT2D eigenvalue weighted by Gasteiger charge is 2.18. The molecule has 2 amide bonds. The van der Waals surface area contributed by atoms with E-state index in [4.69, 9.17) is 16.3 Å². The van der Waals surface area contributed by atoms with Crippen molar-refractivity contribution in [1.82, 2.24) is 5.43 Å². The van der Waals surface area contributed by atoms with Crippen LogP contribution in [0.3, 0.4) is 0 Å². The molecule has 1 aromatic carbocycles. The number of amides is 2. The second-order valence-corrected chi connectivity index (χ2v) is 3.53. The van der Waals surface area contributed by atoms with Crippen LogP contribution in [0, 0.1) is 5.82 Å². The Kier molecular flexibility index (Phi) is 4.61. The Hall–Kier alpha value is -2.15. The number of hydrogen-bond acceptors (Lipinski definition) is 4. The fourth-order valence-electron chi connectivity index (χ4n) is 1.35. The van der Waals surface area contributed by atoms with Crippen LogP contribution in [0.2, 0.25) is 0 Å². The lowest BCUT2D eigenvalue weighted by molar-refractivity contribution is -0.128. The number of hydrogen-bond donors (Lipinski definition) is 3. The molecule has 0 aliphatic heterocycles. The summed E-state index contributed by atoms with van der Waals surface area (Å²) >= 11 is 0. The Balaban J connectivity index is 2.88. The molecule has 1 unspecified atom stereocenters. The summed E-state index contributed by atoms with van der Waals surface area (Å²) in [6, 6.07) is 3.54. The summed E-state index contributed by atoms with van der Waals surface area (Å²) in [5.74, 6) is 2.91. The summed E-state index contributed by atoms with van der Waals surface area (Å²) in [6.07, 6.45) is -0.462. The molecule has 0 radical (unpaired) electrons. The van der Waals surface area contributed by atoms with Crippen LogP contribution in [0.4, 0.5) is 4.39 Å². The van der Waals surface area contributed by atoms with Crippen LogP contribution < -0.4 is 21.7 Å². The van der Waals surface area contributed by atoms with Gasteiger partial charge in [-0.2, -0.15) is 0 Å². The highest BCUT2D eigenvalue weighted by Crippen LogP contribution is 2.18. The van der Waals surface area contributed by atoms with E-state index >= 15 is 0 Å². The number of hydrazine groups is 1. The Bertz CT molecular complexity index is 465. The van der Waals surface area contributed by atoms with Crippen LogP contribution in [0.5, 0.6) is 5.75 Å². The van der Waals surface area contributed by atoms with E-state index in [1.807, 2.05) is 5.43 Å². The molecule has 1 aromatic rings. The summed E-state index contributed by atoms with van der Waals surface area (Å²) in [5, 5.41) is 0. The van der Waals surface area contributed by atoms with Crippen molar-refractivity contribution in [1.29, 1.82) is 0 Å². The van der Waals surface area contributed by atoms with Crippen LogP contribution in [0.15, 0.2) is 18.2 Å². The van der Waals surface area contributed by atoms with E-state index in [1.165, 1.54) is 12.1 Å². The van der Waals surface area contributed by atoms with E-state index < -0.39 is 23.7 Å². The number of halogens is 1. The van der Waals surface area contributed by atoms with E-state index in [-0.39, 0.29) is 11.3 Å². The van der Waals surface area contributed by atoms with Crippen molar-refractivity contribution in [3.8, 4) is 5.75 Å². The second kappa shape index (κ2) is 5.97. The van der Waals surface area contributed by atoms with Crippen LogP contribution in [-0.4, -0.2) is 17.9 Å². The third-order valence-electron chi connectivity index (χ3n) is 2.29. The number of nitrogens with one attached hydrogen (secondary N) is 1. The van der Waals surface area contributed by atoms with Gasteiger partial charge in [0.25, 0.3) is 11.8 Å².